The molecule has 0 spiro atoms. The van der Waals surface area contributed by atoms with Crippen molar-refractivity contribution >= 4 is 17.5 Å². The Hall–Kier alpha value is -2.67. The molecule has 3 aromatic rings. The van der Waals surface area contributed by atoms with Crippen LogP contribution in [0.15, 0.2) is 41.3 Å². The summed E-state index contributed by atoms with van der Waals surface area (Å²) in [5.74, 6) is 1.40. The van der Waals surface area contributed by atoms with Crippen LogP contribution in [0.25, 0.3) is 11.5 Å². The zero-order valence-corrected chi connectivity index (χ0v) is 14.1. The molecule has 2 aromatic heterocycles. The normalized spacial score (nSPS) is 13.8. The second-order valence-electron chi connectivity index (χ2n) is 6.03. The van der Waals surface area contributed by atoms with Crippen molar-refractivity contribution in [3.05, 3.63) is 53.3 Å². The van der Waals surface area contributed by atoms with Crippen LogP contribution in [-0.4, -0.2) is 25.6 Å². The molecule has 0 radical (unpaired) electrons. The first kappa shape index (κ1) is 15.8. The Morgan fingerprint density at radius 3 is 3.00 bits per heavy atom. The van der Waals surface area contributed by atoms with E-state index in [0.717, 1.165) is 18.4 Å². The lowest BCUT2D eigenvalue weighted by molar-refractivity contribution is -0.121. The fraction of sp³-hybridized carbons (Fsp3) is 0.294. The smallest absolute Gasteiger partial charge is 0.240 e. The molecule has 0 saturated heterocycles. The summed E-state index contributed by atoms with van der Waals surface area (Å²) in [5, 5.41) is 7.43. The van der Waals surface area contributed by atoms with Crippen molar-refractivity contribution in [1.29, 1.82) is 0 Å². The number of halogens is 1. The summed E-state index contributed by atoms with van der Waals surface area (Å²) in [7, 11) is 0. The topological polar surface area (TPSA) is 85.8 Å². The fourth-order valence-corrected chi connectivity index (χ4v) is 2.66. The predicted octanol–water partition coefficient (Wildman–Crippen LogP) is 2.78. The number of nitrogens with zero attached hydrogens (tertiary/aromatic N) is 4. The van der Waals surface area contributed by atoms with Crippen molar-refractivity contribution in [2.24, 2.45) is 0 Å². The van der Waals surface area contributed by atoms with Gasteiger partial charge in [0, 0.05) is 23.7 Å². The molecular formula is C17H16ClN5O2. The van der Waals surface area contributed by atoms with Gasteiger partial charge in [-0.1, -0.05) is 35.0 Å². The molecule has 0 unspecified atom stereocenters. The molecule has 0 aliphatic heterocycles. The standard InChI is InChI=1S/C17H16ClN5O2/c18-13-4-2-1-3-12(13)7-19-15(24)9-23-8-14(20-10-23)16-21-17(25-22-16)11-5-6-11/h1-4,8,10-11H,5-7,9H2,(H,19,24). The van der Waals surface area contributed by atoms with Crippen LogP contribution in [0, 0.1) is 0 Å². The number of amides is 1. The van der Waals surface area contributed by atoms with Crippen LogP contribution in [0.1, 0.15) is 30.2 Å². The molecule has 8 heteroatoms. The summed E-state index contributed by atoms with van der Waals surface area (Å²) < 4.78 is 6.91. The van der Waals surface area contributed by atoms with Crippen LogP contribution in [0.4, 0.5) is 0 Å². The largest absolute Gasteiger partial charge is 0.350 e. The van der Waals surface area contributed by atoms with Crippen molar-refractivity contribution in [1.82, 2.24) is 25.0 Å². The lowest BCUT2D eigenvalue weighted by atomic mass is 10.2. The van der Waals surface area contributed by atoms with E-state index < -0.39 is 0 Å². The lowest BCUT2D eigenvalue weighted by Gasteiger charge is -2.07. The highest BCUT2D eigenvalue weighted by Gasteiger charge is 2.30. The lowest BCUT2D eigenvalue weighted by Crippen LogP contribution is -2.26. The summed E-state index contributed by atoms with van der Waals surface area (Å²) in [6.07, 6.45) is 5.51. The van der Waals surface area contributed by atoms with E-state index in [9.17, 15) is 4.79 Å². The number of carbonyl (C=O) groups is 1. The molecule has 1 saturated carbocycles. The van der Waals surface area contributed by atoms with Crippen molar-refractivity contribution in [2.75, 3.05) is 0 Å². The Morgan fingerprint density at radius 1 is 1.36 bits per heavy atom. The van der Waals surface area contributed by atoms with Crippen LogP contribution < -0.4 is 5.32 Å². The minimum absolute atomic E-state index is 0.129. The molecule has 4 rings (SSSR count). The Bertz CT molecular complexity index is 900. The monoisotopic (exact) mass is 357 g/mol. The highest BCUT2D eigenvalue weighted by Crippen LogP contribution is 2.39. The predicted molar refractivity (Wildman–Crippen MR) is 90.8 cm³/mol. The van der Waals surface area contributed by atoms with E-state index >= 15 is 0 Å². The van der Waals surface area contributed by atoms with Crippen molar-refractivity contribution < 1.29 is 9.32 Å². The van der Waals surface area contributed by atoms with Crippen molar-refractivity contribution in [3.63, 3.8) is 0 Å². The van der Waals surface area contributed by atoms with Gasteiger partial charge in [0.1, 0.15) is 12.2 Å². The highest BCUT2D eigenvalue weighted by molar-refractivity contribution is 6.31. The summed E-state index contributed by atoms with van der Waals surface area (Å²) in [4.78, 5) is 20.7. The zero-order valence-electron chi connectivity index (χ0n) is 13.4. The van der Waals surface area contributed by atoms with Crippen molar-refractivity contribution in [3.8, 4) is 11.5 Å². The number of nitrogens with one attached hydrogen (secondary N) is 1. The Balaban J connectivity index is 1.35. The molecule has 1 aromatic carbocycles. The van der Waals surface area contributed by atoms with Gasteiger partial charge in [0.05, 0.1) is 6.33 Å². The molecule has 1 aliphatic rings. The van der Waals surface area contributed by atoms with Gasteiger partial charge in [-0.2, -0.15) is 4.98 Å². The van der Waals surface area contributed by atoms with Gasteiger partial charge in [-0.15, -0.1) is 0 Å². The maximum Gasteiger partial charge on any atom is 0.240 e. The first-order chi connectivity index (χ1) is 12.2. The van der Waals surface area contributed by atoms with Gasteiger partial charge >= 0.3 is 0 Å². The Kier molecular flexibility index (Phi) is 4.23. The third kappa shape index (κ3) is 3.71. The van der Waals surface area contributed by atoms with Gasteiger partial charge in [-0.3, -0.25) is 4.79 Å². The number of benzene rings is 1. The number of rotatable bonds is 6. The average Bonchev–Trinajstić information content (AvgIpc) is 3.16. The van der Waals surface area contributed by atoms with E-state index in [0.29, 0.717) is 34.9 Å². The minimum atomic E-state index is -0.129. The molecule has 0 bridgehead atoms. The Labute approximate surface area is 149 Å². The van der Waals surface area contributed by atoms with Gasteiger partial charge in [-0.25, -0.2) is 4.98 Å². The average molecular weight is 358 g/mol. The first-order valence-electron chi connectivity index (χ1n) is 8.05. The minimum Gasteiger partial charge on any atom is -0.350 e. The summed E-state index contributed by atoms with van der Waals surface area (Å²) >= 11 is 6.08. The number of imidazole rings is 1. The van der Waals surface area contributed by atoms with Crippen LogP contribution >= 0.6 is 11.6 Å². The molecule has 1 aliphatic carbocycles. The summed E-state index contributed by atoms with van der Waals surface area (Å²) in [6.45, 7) is 0.542. The third-order valence-electron chi connectivity index (χ3n) is 3.99. The SMILES string of the molecule is O=C(Cn1cnc(-c2noc(C3CC3)n2)c1)NCc1ccccc1Cl. The van der Waals surface area contributed by atoms with E-state index in [4.69, 9.17) is 16.1 Å². The fourth-order valence-electron chi connectivity index (χ4n) is 2.45. The number of hydrogen-bond donors (Lipinski definition) is 1. The van der Waals surface area contributed by atoms with Crippen LogP contribution in [0.2, 0.25) is 5.02 Å². The molecule has 2 heterocycles. The Morgan fingerprint density at radius 2 is 2.20 bits per heavy atom. The summed E-state index contributed by atoms with van der Waals surface area (Å²) in [6, 6.07) is 7.42. The van der Waals surface area contributed by atoms with Crippen LogP contribution in [-0.2, 0) is 17.9 Å². The molecule has 7 nitrogen and oxygen atoms in total. The molecule has 1 amide bonds. The molecular weight excluding hydrogens is 342 g/mol. The van der Waals surface area contributed by atoms with E-state index in [-0.39, 0.29) is 12.5 Å². The molecule has 1 fully saturated rings. The van der Waals surface area contributed by atoms with Crippen LogP contribution in [0.3, 0.4) is 0 Å². The van der Waals surface area contributed by atoms with Gasteiger partial charge < -0.3 is 14.4 Å². The van der Waals surface area contributed by atoms with Gasteiger partial charge in [0.2, 0.25) is 17.6 Å². The second kappa shape index (κ2) is 6.68. The quantitative estimate of drug-likeness (QED) is 0.733. The highest BCUT2D eigenvalue weighted by atomic mass is 35.5. The van der Waals surface area contributed by atoms with Gasteiger partial charge in [-0.05, 0) is 24.5 Å². The van der Waals surface area contributed by atoms with Gasteiger partial charge in [0.15, 0.2) is 0 Å². The van der Waals surface area contributed by atoms with E-state index in [2.05, 4.69) is 20.4 Å². The first-order valence-corrected chi connectivity index (χ1v) is 8.42. The van der Waals surface area contributed by atoms with Crippen molar-refractivity contribution in [2.45, 2.75) is 31.8 Å². The number of hydrogen-bond acceptors (Lipinski definition) is 5. The summed E-state index contributed by atoms with van der Waals surface area (Å²) in [5.41, 5.74) is 1.47. The van der Waals surface area contributed by atoms with Gasteiger partial charge in [0.25, 0.3) is 0 Å². The third-order valence-corrected chi connectivity index (χ3v) is 4.36. The van der Waals surface area contributed by atoms with Crippen LogP contribution in [0.5, 0.6) is 0 Å². The second-order valence-corrected chi connectivity index (χ2v) is 6.44. The zero-order chi connectivity index (χ0) is 17.2. The van der Waals surface area contributed by atoms with E-state index in [1.807, 2.05) is 18.2 Å². The molecule has 0 atom stereocenters. The van der Waals surface area contributed by atoms with E-state index in [1.165, 1.54) is 0 Å². The number of carbonyl (C=O) groups excluding carboxylic acids is 1. The molecule has 128 valence electrons. The number of aromatic nitrogens is 4. The molecule has 25 heavy (non-hydrogen) atoms. The molecule has 1 N–H and O–H groups in total. The maximum atomic E-state index is 12.1. The maximum absolute atomic E-state index is 12.1. The van der Waals surface area contributed by atoms with E-state index in [1.54, 1.807) is 23.2 Å².